The Hall–Kier alpha value is -0.820. The monoisotopic (exact) mass is 289 g/mol. The first-order chi connectivity index (χ1) is 8.49. The van der Waals surface area contributed by atoms with Crippen LogP contribution < -0.4 is 10.6 Å². The number of hydrazine groups is 1. The van der Waals surface area contributed by atoms with Gasteiger partial charge in [-0.2, -0.15) is 0 Å². The summed E-state index contributed by atoms with van der Waals surface area (Å²) in [6, 6.07) is 4.42. The van der Waals surface area contributed by atoms with Gasteiger partial charge in [-0.05, 0) is 31.0 Å². The van der Waals surface area contributed by atoms with Crippen molar-refractivity contribution in [3.05, 3.63) is 23.2 Å². The van der Waals surface area contributed by atoms with Gasteiger partial charge < -0.3 is 5.73 Å². The summed E-state index contributed by atoms with van der Waals surface area (Å²) in [7, 11) is -3.65. The van der Waals surface area contributed by atoms with Crippen molar-refractivity contribution in [2.75, 3.05) is 18.8 Å². The lowest BCUT2D eigenvalue weighted by Crippen LogP contribution is -2.45. The Bertz CT molecular complexity index is 527. The van der Waals surface area contributed by atoms with Crippen molar-refractivity contribution in [2.24, 2.45) is 0 Å². The number of piperidine rings is 1. The number of halogens is 1. The normalized spacial score (nSPS) is 17.8. The Labute approximate surface area is 112 Å². The van der Waals surface area contributed by atoms with E-state index in [4.69, 9.17) is 17.3 Å². The largest absolute Gasteiger partial charge is 0.398 e. The van der Waals surface area contributed by atoms with E-state index in [-0.39, 0.29) is 10.6 Å². The molecule has 0 bridgehead atoms. The summed E-state index contributed by atoms with van der Waals surface area (Å²) >= 11 is 5.80. The van der Waals surface area contributed by atoms with E-state index in [9.17, 15) is 8.42 Å². The van der Waals surface area contributed by atoms with Gasteiger partial charge >= 0.3 is 0 Å². The molecule has 1 fully saturated rings. The molecule has 0 amide bonds. The Morgan fingerprint density at radius 3 is 2.56 bits per heavy atom. The van der Waals surface area contributed by atoms with Gasteiger partial charge in [0.1, 0.15) is 4.90 Å². The van der Waals surface area contributed by atoms with Crippen LogP contribution in [0, 0.1) is 0 Å². The molecule has 1 heterocycles. The smallest absolute Gasteiger partial charge is 0.255 e. The Balaban J connectivity index is 2.21. The van der Waals surface area contributed by atoms with Crippen LogP contribution in [-0.4, -0.2) is 26.5 Å². The van der Waals surface area contributed by atoms with Crippen molar-refractivity contribution in [1.82, 2.24) is 9.84 Å². The molecule has 18 heavy (non-hydrogen) atoms. The van der Waals surface area contributed by atoms with Gasteiger partial charge in [-0.25, -0.2) is 13.4 Å². The highest BCUT2D eigenvalue weighted by atomic mass is 35.5. The van der Waals surface area contributed by atoms with Crippen LogP contribution in [0.2, 0.25) is 5.02 Å². The molecule has 1 aromatic carbocycles. The summed E-state index contributed by atoms with van der Waals surface area (Å²) in [5, 5.41) is 2.06. The zero-order chi connectivity index (χ0) is 13.2. The molecule has 7 heteroatoms. The summed E-state index contributed by atoms with van der Waals surface area (Å²) in [4.78, 5) is 2.57. The third-order valence-electron chi connectivity index (χ3n) is 2.87. The number of hydrogen-bond acceptors (Lipinski definition) is 4. The van der Waals surface area contributed by atoms with E-state index in [1.165, 1.54) is 12.1 Å². The molecule has 0 radical (unpaired) electrons. The summed E-state index contributed by atoms with van der Waals surface area (Å²) in [5.74, 6) is 0. The van der Waals surface area contributed by atoms with E-state index in [2.05, 4.69) is 4.83 Å². The number of anilines is 1. The van der Waals surface area contributed by atoms with Crippen LogP contribution in [0.15, 0.2) is 23.1 Å². The van der Waals surface area contributed by atoms with Crippen LogP contribution in [0.1, 0.15) is 19.3 Å². The highest BCUT2D eigenvalue weighted by Crippen LogP contribution is 2.23. The zero-order valence-corrected chi connectivity index (χ0v) is 11.5. The predicted octanol–water partition coefficient (Wildman–Crippen LogP) is 1.60. The molecule has 0 unspecified atom stereocenters. The number of hydrogen-bond donors (Lipinski definition) is 2. The quantitative estimate of drug-likeness (QED) is 0.829. The van der Waals surface area contributed by atoms with Gasteiger partial charge in [-0.15, -0.1) is 4.83 Å². The third-order valence-corrected chi connectivity index (χ3v) is 4.54. The van der Waals surface area contributed by atoms with Crippen molar-refractivity contribution >= 4 is 27.3 Å². The maximum Gasteiger partial charge on any atom is 0.255 e. The molecule has 0 spiro atoms. The first kappa shape index (κ1) is 13.6. The number of nitrogens with two attached hydrogens (primary N) is 1. The van der Waals surface area contributed by atoms with Gasteiger partial charge in [-0.1, -0.05) is 18.0 Å². The number of benzene rings is 1. The number of nitrogens with zero attached hydrogens (tertiary/aromatic N) is 1. The summed E-state index contributed by atoms with van der Waals surface area (Å²) in [6.07, 6.45) is 3.12. The standard InChI is InChI=1S/C11H16ClN3O2S/c12-9-4-5-10(13)11(8-9)18(16,17)14-15-6-2-1-3-7-15/h4-5,8,14H,1-3,6-7,13H2. The van der Waals surface area contributed by atoms with Crippen LogP contribution in [0.3, 0.4) is 0 Å². The zero-order valence-electron chi connectivity index (χ0n) is 9.89. The highest BCUT2D eigenvalue weighted by Gasteiger charge is 2.22. The van der Waals surface area contributed by atoms with E-state index in [1.807, 2.05) is 0 Å². The van der Waals surface area contributed by atoms with Crippen LogP contribution in [-0.2, 0) is 10.0 Å². The average Bonchev–Trinajstić information content (AvgIpc) is 2.33. The van der Waals surface area contributed by atoms with Crippen LogP contribution in [0.25, 0.3) is 0 Å². The fourth-order valence-corrected chi connectivity index (χ4v) is 3.46. The van der Waals surface area contributed by atoms with Gasteiger partial charge in [-0.3, -0.25) is 0 Å². The van der Waals surface area contributed by atoms with Crippen LogP contribution in [0.4, 0.5) is 5.69 Å². The Morgan fingerprint density at radius 1 is 1.22 bits per heavy atom. The van der Waals surface area contributed by atoms with Crippen molar-refractivity contribution in [3.8, 4) is 0 Å². The van der Waals surface area contributed by atoms with Gasteiger partial charge in [0.05, 0.1) is 5.69 Å². The van der Waals surface area contributed by atoms with Crippen molar-refractivity contribution < 1.29 is 8.42 Å². The van der Waals surface area contributed by atoms with E-state index in [0.717, 1.165) is 32.4 Å². The maximum atomic E-state index is 12.2. The van der Waals surface area contributed by atoms with E-state index >= 15 is 0 Å². The van der Waals surface area contributed by atoms with Crippen molar-refractivity contribution in [2.45, 2.75) is 24.2 Å². The third kappa shape index (κ3) is 3.14. The fourth-order valence-electron chi connectivity index (χ4n) is 1.95. The molecule has 1 aromatic rings. The number of nitrogens with one attached hydrogen (secondary N) is 1. The Kier molecular flexibility index (Phi) is 4.11. The van der Waals surface area contributed by atoms with Gasteiger partial charge in [0.15, 0.2) is 0 Å². The molecular weight excluding hydrogens is 274 g/mol. The minimum Gasteiger partial charge on any atom is -0.398 e. The lowest BCUT2D eigenvalue weighted by Gasteiger charge is -2.26. The lowest BCUT2D eigenvalue weighted by atomic mass is 10.2. The molecule has 1 aliphatic heterocycles. The minimum absolute atomic E-state index is 0.0283. The molecule has 100 valence electrons. The minimum atomic E-state index is -3.65. The van der Waals surface area contributed by atoms with Crippen LogP contribution >= 0.6 is 11.6 Å². The fraction of sp³-hybridized carbons (Fsp3) is 0.455. The van der Waals surface area contributed by atoms with Crippen LogP contribution in [0.5, 0.6) is 0 Å². The second-order valence-electron chi connectivity index (χ2n) is 4.32. The maximum absolute atomic E-state index is 12.2. The van der Waals surface area contributed by atoms with Crippen molar-refractivity contribution in [1.29, 1.82) is 0 Å². The number of rotatable bonds is 3. The first-order valence-electron chi connectivity index (χ1n) is 5.81. The van der Waals surface area contributed by atoms with E-state index < -0.39 is 10.0 Å². The number of sulfonamides is 1. The predicted molar refractivity (Wildman–Crippen MR) is 71.6 cm³/mol. The molecule has 2 rings (SSSR count). The highest BCUT2D eigenvalue weighted by molar-refractivity contribution is 7.89. The summed E-state index contributed by atoms with van der Waals surface area (Å²) < 4.78 is 24.4. The van der Waals surface area contributed by atoms with Crippen molar-refractivity contribution in [3.63, 3.8) is 0 Å². The molecule has 0 aromatic heterocycles. The van der Waals surface area contributed by atoms with E-state index in [1.54, 1.807) is 11.1 Å². The van der Waals surface area contributed by atoms with Gasteiger partial charge in [0.25, 0.3) is 10.0 Å². The number of nitrogen functional groups attached to an aromatic ring is 1. The molecule has 5 nitrogen and oxygen atoms in total. The molecular formula is C11H16ClN3O2S. The molecule has 3 N–H and O–H groups in total. The molecule has 0 saturated carbocycles. The van der Waals surface area contributed by atoms with Gasteiger partial charge in [0, 0.05) is 18.1 Å². The molecule has 1 saturated heterocycles. The second-order valence-corrected chi connectivity index (χ2v) is 6.39. The molecule has 0 atom stereocenters. The molecule has 1 aliphatic rings. The van der Waals surface area contributed by atoms with E-state index in [0.29, 0.717) is 5.02 Å². The first-order valence-corrected chi connectivity index (χ1v) is 7.67. The average molecular weight is 290 g/mol. The SMILES string of the molecule is Nc1ccc(Cl)cc1S(=O)(=O)NN1CCCCC1. The Morgan fingerprint density at radius 2 is 1.89 bits per heavy atom. The van der Waals surface area contributed by atoms with Gasteiger partial charge in [0.2, 0.25) is 0 Å². The topological polar surface area (TPSA) is 75.4 Å². The summed E-state index contributed by atoms with van der Waals surface area (Å²) in [6.45, 7) is 1.44. The lowest BCUT2D eigenvalue weighted by molar-refractivity contribution is 0.200. The second kappa shape index (κ2) is 5.44. The molecule has 0 aliphatic carbocycles. The summed E-state index contributed by atoms with van der Waals surface area (Å²) in [5.41, 5.74) is 5.88.